The van der Waals surface area contributed by atoms with Gasteiger partial charge >= 0.3 is 0 Å². The summed E-state index contributed by atoms with van der Waals surface area (Å²) in [5.41, 5.74) is 1.67. The number of rotatable bonds is 6. The van der Waals surface area contributed by atoms with E-state index in [-0.39, 0.29) is 18.2 Å². The van der Waals surface area contributed by atoms with Crippen LogP contribution in [0.5, 0.6) is 11.5 Å². The Hall–Kier alpha value is -2.73. The summed E-state index contributed by atoms with van der Waals surface area (Å²) in [6, 6.07) is 12.4. The minimum atomic E-state index is -0.641. The summed E-state index contributed by atoms with van der Waals surface area (Å²) in [5, 5.41) is 3.26. The second-order valence-corrected chi connectivity index (χ2v) is 7.23. The molecule has 7 heteroatoms. The monoisotopic (exact) mass is 402 g/mol. The van der Waals surface area contributed by atoms with Crippen molar-refractivity contribution in [2.45, 2.75) is 18.9 Å². The quantitative estimate of drug-likeness (QED) is 0.806. The van der Waals surface area contributed by atoms with Gasteiger partial charge < -0.3 is 19.7 Å². The van der Waals surface area contributed by atoms with Crippen LogP contribution in [0.3, 0.4) is 0 Å². The van der Waals surface area contributed by atoms with Crippen molar-refractivity contribution < 1.29 is 19.1 Å². The van der Waals surface area contributed by atoms with Crippen LogP contribution in [0.15, 0.2) is 42.5 Å². The molecule has 0 saturated carbocycles. The van der Waals surface area contributed by atoms with Crippen LogP contribution in [-0.2, 0) is 22.4 Å². The molecule has 2 amide bonds. The Kier molecular flexibility index (Phi) is 6.41. The van der Waals surface area contributed by atoms with Crippen LogP contribution in [0.2, 0.25) is 5.02 Å². The Morgan fingerprint density at radius 1 is 1.11 bits per heavy atom. The lowest BCUT2D eigenvalue weighted by Crippen LogP contribution is -2.48. The number of amides is 2. The molecule has 1 aliphatic rings. The van der Waals surface area contributed by atoms with E-state index in [0.29, 0.717) is 41.7 Å². The number of hydrogen-bond acceptors (Lipinski definition) is 4. The molecule has 0 spiro atoms. The van der Waals surface area contributed by atoms with Gasteiger partial charge in [-0.05, 0) is 23.3 Å². The molecule has 6 nitrogen and oxygen atoms in total. The van der Waals surface area contributed by atoms with Gasteiger partial charge in [-0.15, -0.1) is 0 Å². The van der Waals surface area contributed by atoms with Gasteiger partial charge in [0.1, 0.15) is 19.3 Å². The Balaban J connectivity index is 1.71. The number of halogens is 1. The zero-order chi connectivity index (χ0) is 20.1. The predicted octanol–water partition coefficient (Wildman–Crippen LogP) is 2.47. The topological polar surface area (TPSA) is 67.9 Å². The first-order valence-corrected chi connectivity index (χ1v) is 9.44. The number of ether oxygens (including phenoxy) is 2. The number of carbonyl (C=O) groups excluding carboxylic acids is 2. The third kappa shape index (κ3) is 4.95. The van der Waals surface area contributed by atoms with E-state index in [1.165, 1.54) is 4.90 Å². The van der Waals surface area contributed by atoms with E-state index in [1.807, 2.05) is 30.3 Å². The van der Waals surface area contributed by atoms with Crippen LogP contribution in [0.4, 0.5) is 0 Å². The van der Waals surface area contributed by atoms with Crippen molar-refractivity contribution >= 4 is 23.4 Å². The van der Waals surface area contributed by atoms with Crippen LogP contribution in [-0.4, -0.2) is 50.1 Å². The summed E-state index contributed by atoms with van der Waals surface area (Å²) in [7, 11) is 3.35. The average Bonchev–Trinajstić information content (AvgIpc) is 2.67. The summed E-state index contributed by atoms with van der Waals surface area (Å²) in [5.74, 6) is 0.620. The van der Waals surface area contributed by atoms with Gasteiger partial charge in [0.2, 0.25) is 11.8 Å². The number of nitrogens with one attached hydrogen (secondary N) is 1. The molecule has 0 bridgehead atoms. The van der Waals surface area contributed by atoms with Gasteiger partial charge in [-0.2, -0.15) is 0 Å². The van der Waals surface area contributed by atoms with Gasteiger partial charge in [-0.25, -0.2) is 0 Å². The first kappa shape index (κ1) is 20.0. The van der Waals surface area contributed by atoms with Gasteiger partial charge in [-0.1, -0.05) is 41.9 Å². The zero-order valence-corrected chi connectivity index (χ0v) is 16.7. The fraction of sp³-hybridized carbons (Fsp3) is 0.333. The van der Waals surface area contributed by atoms with Crippen molar-refractivity contribution in [2.75, 3.05) is 27.3 Å². The molecular formula is C21H23ClN2O4. The number of likely N-dealkylation sites (N-methyl/N-ethyl adjacent to an activating group) is 1. The Bertz CT molecular complexity index is 855. The van der Waals surface area contributed by atoms with Crippen LogP contribution < -0.4 is 14.8 Å². The molecule has 1 atom stereocenters. The van der Waals surface area contributed by atoms with E-state index in [0.717, 1.165) is 5.56 Å². The Morgan fingerprint density at radius 3 is 2.54 bits per heavy atom. The number of fused-ring (bicyclic) bond motifs is 1. The SMILES string of the molecule is CN(C)C(=O)C(Cc1ccccc1)NC(=O)Cc1cc(Cl)c2c(c1)OCCO2. The molecule has 0 saturated heterocycles. The standard InChI is InChI=1S/C21H23ClN2O4/c1-24(2)21(26)17(11-14-6-4-3-5-7-14)23-19(25)13-15-10-16(22)20-18(12-15)27-8-9-28-20/h3-7,10,12,17H,8-9,11,13H2,1-2H3,(H,23,25). The Labute approximate surface area is 169 Å². The molecular weight excluding hydrogens is 380 g/mol. The summed E-state index contributed by atoms with van der Waals surface area (Å²) in [4.78, 5) is 26.6. The summed E-state index contributed by atoms with van der Waals surface area (Å²) < 4.78 is 11.0. The van der Waals surface area contributed by atoms with Crippen LogP contribution >= 0.6 is 11.6 Å². The lowest BCUT2D eigenvalue weighted by atomic mass is 10.0. The second-order valence-electron chi connectivity index (χ2n) is 6.82. The fourth-order valence-electron chi connectivity index (χ4n) is 3.06. The predicted molar refractivity (Wildman–Crippen MR) is 107 cm³/mol. The highest BCUT2D eigenvalue weighted by Gasteiger charge is 2.24. The van der Waals surface area contributed by atoms with Gasteiger partial charge in [0.25, 0.3) is 0 Å². The molecule has 28 heavy (non-hydrogen) atoms. The Morgan fingerprint density at radius 2 is 1.82 bits per heavy atom. The fourth-order valence-corrected chi connectivity index (χ4v) is 3.35. The highest BCUT2D eigenvalue weighted by molar-refractivity contribution is 6.32. The zero-order valence-electron chi connectivity index (χ0n) is 15.9. The van der Waals surface area contributed by atoms with E-state index >= 15 is 0 Å². The first-order chi connectivity index (χ1) is 13.4. The van der Waals surface area contributed by atoms with Crippen molar-refractivity contribution in [1.29, 1.82) is 0 Å². The summed E-state index contributed by atoms with van der Waals surface area (Å²) >= 11 is 6.24. The minimum Gasteiger partial charge on any atom is -0.486 e. The molecule has 1 unspecified atom stereocenters. The highest BCUT2D eigenvalue weighted by atomic mass is 35.5. The van der Waals surface area contributed by atoms with E-state index < -0.39 is 6.04 Å². The molecule has 0 radical (unpaired) electrons. The largest absolute Gasteiger partial charge is 0.486 e. The maximum atomic E-state index is 12.6. The molecule has 2 aromatic rings. The van der Waals surface area contributed by atoms with Crippen LogP contribution in [0.25, 0.3) is 0 Å². The van der Waals surface area contributed by atoms with E-state index in [1.54, 1.807) is 26.2 Å². The molecule has 148 valence electrons. The van der Waals surface area contributed by atoms with Gasteiger partial charge in [0, 0.05) is 20.5 Å². The van der Waals surface area contributed by atoms with Gasteiger partial charge in [0.05, 0.1) is 11.4 Å². The molecule has 0 fully saturated rings. The lowest BCUT2D eigenvalue weighted by Gasteiger charge is -2.22. The van der Waals surface area contributed by atoms with Crippen LogP contribution in [0, 0.1) is 0 Å². The third-order valence-electron chi connectivity index (χ3n) is 4.38. The van der Waals surface area contributed by atoms with Crippen molar-refractivity contribution in [3.8, 4) is 11.5 Å². The molecule has 0 aliphatic carbocycles. The van der Waals surface area contributed by atoms with E-state index in [9.17, 15) is 9.59 Å². The van der Waals surface area contributed by atoms with E-state index in [4.69, 9.17) is 21.1 Å². The number of hydrogen-bond donors (Lipinski definition) is 1. The van der Waals surface area contributed by atoms with Crippen molar-refractivity contribution in [3.05, 3.63) is 58.6 Å². The van der Waals surface area contributed by atoms with Gasteiger partial charge in [-0.3, -0.25) is 9.59 Å². The maximum Gasteiger partial charge on any atom is 0.244 e. The smallest absolute Gasteiger partial charge is 0.244 e. The highest BCUT2D eigenvalue weighted by Crippen LogP contribution is 2.38. The normalized spacial score (nSPS) is 13.5. The van der Waals surface area contributed by atoms with Crippen molar-refractivity contribution in [1.82, 2.24) is 10.2 Å². The second kappa shape index (κ2) is 8.97. The summed E-state index contributed by atoms with van der Waals surface area (Å²) in [6.45, 7) is 0.885. The number of carbonyl (C=O) groups is 2. The van der Waals surface area contributed by atoms with Crippen molar-refractivity contribution in [2.24, 2.45) is 0 Å². The molecule has 3 rings (SSSR count). The molecule has 1 heterocycles. The number of nitrogens with zero attached hydrogens (tertiary/aromatic N) is 1. The lowest BCUT2D eigenvalue weighted by molar-refractivity contribution is -0.134. The molecule has 1 aliphatic heterocycles. The molecule has 1 N–H and O–H groups in total. The molecule has 2 aromatic carbocycles. The maximum absolute atomic E-state index is 12.6. The average molecular weight is 403 g/mol. The molecule has 0 aromatic heterocycles. The number of benzene rings is 2. The van der Waals surface area contributed by atoms with Gasteiger partial charge in [0.15, 0.2) is 11.5 Å². The van der Waals surface area contributed by atoms with Crippen LogP contribution in [0.1, 0.15) is 11.1 Å². The third-order valence-corrected chi connectivity index (χ3v) is 4.66. The van der Waals surface area contributed by atoms with Crippen molar-refractivity contribution in [3.63, 3.8) is 0 Å². The van der Waals surface area contributed by atoms with E-state index in [2.05, 4.69) is 5.32 Å². The summed E-state index contributed by atoms with van der Waals surface area (Å²) in [6.07, 6.45) is 0.508. The minimum absolute atomic E-state index is 0.0857. The first-order valence-electron chi connectivity index (χ1n) is 9.06.